The van der Waals surface area contributed by atoms with Crippen molar-refractivity contribution in [3.8, 4) is 0 Å². The number of carbonyl (C=O) groups is 1. The SMILES string of the molecule is CCc1ccc(C(=O)Nc2ccnn2Cc2ccccc2Cl)cc1. The lowest BCUT2D eigenvalue weighted by Gasteiger charge is -2.10. The van der Waals surface area contributed by atoms with E-state index in [1.807, 2.05) is 48.5 Å². The van der Waals surface area contributed by atoms with Crippen LogP contribution < -0.4 is 5.32 Å². The number of nitrogens with zero attached hydrogens (tertiary/aromatic N) is 2. The first kappa shape index (κ1) is 16.3. The van der Waals surface area contributed by atoms with Gasteiger partial charge in [-0.25, -0.2) is 4.68 Å². The van der Waals surface area contributed by atoms with Crippen LogP contribution in [0.15, 0.2) is 60.8 Å². The van der Waals surface area contributed by atoms with Crippen LogP contribution in [0.3, 0.4) is 0 Å². The number of rotatable bonds is 5. The minimum atomic E-state index is -0.154. The zero-order chi connectivity index (χ0) is 16.9. The summed E-state index contributed by atoms with van der Waals surface area (Å²) in [6.07, 6.45) is 2.61. The zero-order valence-electron chi connectivity index (χ0n) is 13.4. The summed E-state index contributed by atoms with van der Waals surface area (Å²) in [6.45, 7) is 2.58. The van der Waals surface area contributed by atoms with E-state index in [-0.39, 0.29) is 5.91 Å². The van der Waals surface area contributed by atoms with Gasteiger partial charge in [0.25, 0.3) is 5.91 Å². The van der Waals surface area contributed by atoms with Gasteiger partial charge in [-0.3, -0.25) is 4.79 Å². The molecule has 1 amide bonds. The highest BCUT2D eigenvalue weighted by molar-refractivity contribution is 6.31. The van der Waals surface area contributed by atoms with E-state index in [0.717, 1.165) is 12.0 Å². The number of nitrogens with one attached hydrogen (secondary N) is 1. The van der Waals surface area contributed by atoms with Gasteiger partial charge < -0.3 is 5.32 Å². The van der Waals surface area contributed by atoms with Gasteiger partial charge in [-0.1, -0.05) is 48.9 Å². The predicted octanol–water partition coefficient (Wildman–Crippen LogP) is 4.40. The Morgan fingerprint density at radius 3 is 2.58 bits per heavy atom. The molecular weight excluding hydrogens is 322 g/mol. The molecule has 2 aromatic carbocycles. The average Bonchev–Trinajstić information content (AvgIpc) is 3.04. The van der Waals surface area contributed by atoms with Crippen molar-refractivity contribution in [1.29, 1.82) is 0 Å². The van der Waals surface area contributed by atoms with E-state index < -0.39 is 0 Å². The number of aryl methyl sites for hydroxylation is 1. The van der Waals surface area contributed by atoms with Crippen LogP contribution in [-0.2, 0) is 13.0 Å². The fourth-order valence-corrected chi connectivity index (χ4v) is 2.63. The fraction of sp³-hybridized carbons (Fsp3) is 0.158. The summed E-state index contributed by atoms with van der Waals surface area (Å²) in [5.41, 5.74) is 2.78. The molecule has 0 saturated heterocycles. The second kappa shape index (κ2) is 7.32. The molecule has 0 bridgehead atoms. The summed E-state index contributed by atoms with van der Waals surface area (Å²) >= 11 is 6.20. The van der Waals surface area contributed by atoms with Crippen LogP contribution in [0.5, 0.6) is 0 Å². The first-order chi connectivity index (χ1) is 11.7. The molecule has 0 aliphatic rings. The Morgan fingerprint density at radius 1 is 1.12 bits per heavy atom. The number of benzene rings is 2. The molecule has 3 aromatic rings. The largest absolute Gasteiger partial charge is 0.307 e. The van der Waals surface area contributed by atoms with E-state index >= 15 is 0 Å². The van der Waals surface area contributed by atoms with Gasteiger partial charge in [0.1, 0.15) is 5.82 Å². The number of carbonyl (C=O) groups excluding carboxylic acids is 1. The molecule has 1 N–H and O–H groups in total. The number of amides is 1. The Bertz CT molecular complexity index is 840. The summed E-state index contributed by atoms with van der Waals surface area (Å²) in [7, 11) is 0. The molecule has 24 heavy (non-hydrogen) atoms. The Hall–Kier alpha value is -2.59. The summed E-state index contributed by atoms with van der Waals surface area (Å²) in [5, 5.41) is 7.85. The molecular formula is C19H18ClN3O. The molecule has 1 heterocycles. The van der Waals surface area contributed by atoms with Crippen LogP contribution in [0.25, 0.3) is 0 Å². The van der Waals surface area contributed by atoms with Gasteiger partial charge in [-0.05, 0) is 35.7 Å². The van der Waals surface area contributed by atoms with Crippen molar-refractivity contribution in [3.05, 3.63) is 82.5 Å². The Balaban J connectivity index is 1.75. The second-order valence-electron chi connectivity index (χ2n) is 5.47. The normalized spacial score (nSPS) is 10.6. The van der Waals surface area contributed by atoms with Crippen molar-refractivity contribution in [2.24, 2.45) is 0 Å². The maximum absolute atomic E-state index is 12.4. The molecule has 0 unspecified atom stereocenters. The molecule has 0 aliphatic heterocycles. The van der Waals surface area contributed by atoms with Gasteiger partial charge in [0.05, 0.1) is 12.7 Å². The van der Waals surface area contributed by atoms with Crippen molar-refractivity contribution < 1.29 is 4.79 Å². The highest BCUT2D eigenvalue weighted by atomic mass is 35.5. The third kappa shape index (κ3) is 3.66. The van der Waals surface area contributed by atoms with Gasteiger partial charge in [-0.15, -0.1) is 0 Å². The fourth-order valence-electron chi connectivity index (χ4n) is 2.43. The molecule has 122 valence electrons. The monoisotopic (exact) mass is 339 g/mol. The molecule has 0 atom stereocenters. The standard InChI is InChI=1S/C19H18ClN3O/c1-2-14-7-9-15(10-8-14)19(24)22-18-11-12-21-23(18)13-16-5-3-4-6-17(16)20/h3-12H,2,13H2,1H3,(H,22,24). The zero-order valence-corrected chi connectivity index (χ0v) is 14.1. The van der Waals surface area contributed by atoms with Crippen LogP contribution >= 0.6 is 11.6 Å². The number of anilines is 1. The van der Waals surface area contributed by atoms with Crippen molar-refractivity contribution in [3.63, 3.8) is 0 Å². The first-order valence-corrected chi connectivity index (χ1v) is 8.20. The van der Waals surface area contributed by atoms with Gasteiger partial charge in [0.15, 0.2) is 0 Å². The molecule has 0 radical (unpaired) electrons. The molecule has 0 fully saturated rings. The van der Waals surface area contributed by atoms with E-state index in [0.29, 0.717) is 22.9 Å². The summed E-state index contributed by atoms with van der Waals surface area (Å²) in [4.78, 5) is 12.4. The Labute approximate surface area is 146 Å². The lowest BCUT2D eigenvalue weighted by Crippen LogP contribution is -2.16. The number of hydrogen-bond donors (Lipinski definition) is 1. The van der Waals surface area contributed by atoms with Crippen LogP contribution in [0, 0.1) is 0 Å². The van der Waals surface area contributed by atoms with Crippen molar-refractivity contribution in [2.45, 2.75) is 19.9 Å². The van der Waals surface area contributed by atoms with E-state index in [1.165, 1.54) is 5.56 Å². The maximum Gasteiger partial charge on any atom is 0.256 e. The quantitative estimate of drug-likeness (QED) is 0.749. The smallest absolute Gasteiger partial charge is 0.256 e. The van der Waals surface area contributed by atoms with Crippen molar-refractivity contribution in [2.75, 3.05) is 5.32 Å². The van der Waals surface area contributed by atoms with E-state index in [2.05, 4.69) is 17.3 Å². The van der Waals surface area contributed by atoms with Crippen LogP contribution in [0.1, 0.15) is 28.4 Å². The summed E-state index contributed by atoms with van der Waals surface area (Å²) in [6, 6.07) is 17.0. The van der Waals surface area contributed by atoms with Crippen molar-refractivity contribution in [1.82, 2.24) is 9.78 Å². The van der Waals surface area contributed by atoms with Crippen LogP contribution in [0.2, 0.25) is 5.02 Å². The first-order valence-electron chi connectivity index (χ1n) is 7.83. The number of hydrogen-bond acceptors (Lipinski definition) is 2. The van der Waals surface area contributed by atoms with E-state index in [4.69, 9.17) is 11.6 Å². The summed E-state index contributed by atoms with van der Waals surface area (Å²) < 4.78 is 1.72. The second-order valence-corrected chi connectivity index (χ2v) is 5.88. The minimum absolute atomic E-state index is 0.154. The molecule has 0 spiro atoms. The average molecular weight is 340 g/mol. The van der Waals surface area contributed by atoms with Crippen LogP contribution in [0.4, 0.5) is 5.82 Å². The topological polar surface area (TPSA) is 46.9 Å². The highest BCUT2D eigenvalue weighted by Gasteiger charge is 2.11. The summed E-state index contributed by atoms with van der Waals surface area (Å²) in [5.74, 6) is 0.484. The third-order valence-electron chi connectivity index (χ3n) is 3.86. The van der Waals surface area contributed by atoms with Crippen LogP contribution in [-0.4, -0.2) is 15.7 Å². The Kier molecular flexibility index (Phi) is 4.96. The molecule has 3 rings (SSSR count). The molecule has 0 aliphatic carbocycles. The predicted molar refractivity (Wildman–Crippen MR) is 96.6 cm³/mol. The van der Waals surface area contributed by atoms with Gasteiger partial charge >= 0.3 is 0 Å². The number of halogens is 1. The van der Waals surface area contributed by atoms with Gasteiger partial charge in [0.2, 0.25) is 0 Å². The Morgan fingerprint density at radius 2 is 1.88 bits per heavy atom. The lowest BCUT2D eigenvalue weighted by atomic mass is 10.1. The lowest BCUT2D eigenvalue weighted by molar-refractivity contribution is 0.102. The molecule has 5 heteroatoms. The number of aromatic nitrogens is 2. The molecule has 4 nitrogen and oxygen atoms in total. The molecule has 0 saturated carbocycles. The van der Waals surface area contributed by atoms with Gasteiger partial charge in [0, 0.05) is 16.7 Å². The highest BCUT2D eigenvalue weighted by Crippen LogP contribution is 2.18. The van der Waals surface area contributed by atoms with Gasteiger partial charge in [-0.2, -0.15) is 5.10 Å². The third-order valence-corrected chi connectivity index (χ3v) is 4.23. The molecule has 1 aromatic heterocycles. The van der Waals surface area contributed by atoms with Crippen molar-refractivity contribution >= 4 is 23.3 Å². The van der Waals surface area contributed by atoms with E-state index in [9.17, 15) is 4.79 Å². The maximum atomic E-state index is 12.4. The minimum Gasteiger partial charge on any atom is -0.307 e. The van der Waals surface area contributed by atoms with E-state index in [1.54, 1.807) is 16.9 Å².